The molecule has 0 aromatic heterocycles. The van der Waals surface area contributed by atoms with Crippen LogP contribution in [-0.4, -0.2) is 37.0 Å². The lowest BCUT2D eigenvalue weighted by Gasteiger charge is -2.19. The van der Waals surface area contributed by atoms with E-state index in [1.165, 1.54) is 26.0 Å². The van der Waals surface area contributed by atoms with Crippen molar-refractivity contribution in [2.24, 2.45) is 0 Å². The maximum absolute atomic E-state index is 12.3. The monoisotopic (exact) mass is 389 g/mol. The van der Waals surface area contributed by atoms with E-state index >= 15 is 0 Å². The first kappa shape index (κ1) is 20.6. The zero-order valence-electron chi connectivity index (χ0n) is 15.5. The Balaban J connectivity index is 2.08. The average molecular weight is 389 g/mol. The number of rotatable bonds is 9. The standard InChI is InChI=1S/C20H23NO5S/c1-13-4-7-15(8-5-13)27-12-19(22)21-16(11-20(23)24)14-6-9-17(25-2)18(10-14)26-3/h4-10,16H,11-12H2,1-3H3,(H,21,22)(H,23,24). The number of carbonyl (C=O) groups excluding carboxylic acids is 1. The fourth-order valence-corrected chi connectivity index (χ4v) is 3.23. The van der Waals surface area contributed by atoms with Gasteiger partial charge in [-0.25, -0.2) is 0 Å². The number of thioether (sulfide) groups is 1. The van der Waals surface area contributed by atoms with Gasteiger partial charge >= 0.3 is 5.97 Å². The van der Waals surface area contributed by atoms with Crippen LogP contribution < -0.4 is 14.8 Å². The van der Waals surface area contributed by atoms with Crippen molar-refractivity contribution in [3.63, 3.8) is 0 Å². The normalized spacial score (nSPS) is 11.5. The molecule has 0 aliphatic carbocycles. The van der Waals surface area contributed by atoms with Crippen LogP contribution in [0.5, 0.6) is 11.5 Å². The topological polar surface area (TPSA) is 84.9 Å². The molecule has 0 fully saturated rings. The van der Waals surface area contributed by atoms with Crippen molar-refractivity contribution in [2.75, 3.05) is 20.0 Å². The molecular weight excluding hydrogens is 366 g/mol. The van der Waals surface area contributed by atoms with E-state index in [2.05, 4.69) is 5.32 Å². The number of amides is 1. The molecule has 0 aliphatic heterocycles. The van der Waals surface area contributed by atoms with E-state index < -0.39 is 12.0 Å². The van der Waals surface area contributed by atoms with E-state index in [1.54, 1.807) is 18.2 Å². The molecule has 1 atom stereocenters. The summed E-state index contributed by atoms with van der Waals surface area (Å²) in [5, 5.41) is 12.0. The molecule has 2 aromatic rings. The maximum atomic E-state index is 12.3. The van der Waals surface area contributed by atoms with E-state index in [4.69, 9.17) is 9.47 Å². The number of carboxylic acids is 1. The highest BCUT2D eigenvalue weighted by molar-refractivity contribution is 8.00. The quantitative estimate of drug-likeness (QED) is 0.639. The second kappa shape index (κ2) is 9.87. The molecular formula is C20H23NO5S. The summed E-state index contributed by atoms with van der Waals surface area (Å²) < 4.78 is 10.5. The van der Waals surface area contributed by atoms with Crippen molar-refractivity contribution in [3.05, 3.63) is 53.6 Å². The van der Waals surface area contributed by atoms with Gasteiger partial charge in [-0.15, -0.1) is 11.8 Å². The Morgan fingerprint density at radius 3 is 2.33 bits per heavy atom. The Labute approximate surface area is 162 Å². The number of aryl methyl sites for hydroxylation is 1. The molecule has 0 heterocycles. The van der Waals surface area contributed by atoms with Gasteiger partial charge in [-0.05, 0) is 36.8 Å². The molecule has 1 unspecified atom stereocenters. The zero-order valence-corrected chi connectivity index (χ0v) is 16.3. The summed E-state index contributed by atoms with van der Waals surface area (Å²) in [7, 11) is 3.03. The molecule has 1 amide bonds. The van der Waals surface area contributed by atoms with Gasteiger partial charge in [0, 0.05) is 4.90 Å². The van der Waals surface area contributed by atoms with Crippen LogP contribution in [0.15, 0.2) is 47.4 Å². The summed E-state index contributed by atoms with van der Waals surface area (Å²) in [6.45, 7) is 2.00. The number of ether oxygens (including phenoxy) is 2. The maximum Gasteiger partial charge on any atom is 0.305 e. The zero-order chi connectivity index (χ0) is 19.8. The van der Waals surface area contributed by atoms with E-state index in [0.717, 1.165) is 10.5 Å². The van der Waals surface area contributed by atoms with Crippen LogP contribution in [0.1, 0.15) is 23.6 Å². The van der Waals surface area contributed by atoms with Crippen molar-refractivity contribution in [1.29, 1.82) is 0 Å². The average Bonchev–Trinajstić information content (AvgIpc) is 2.66. The molecule has 0 saturated heterocycles. The highest BCUT2D eigenvalue weighted by Crippen LogP contribution is 2.31. The first-order valence-corrected chi connectivity index (χ1v) is 9.34. The second-order valence-corrected chi connectivity index (χ2v) is 6.98. The summed E-state index contributed by atoms with van der Waals surface area (Å²) in [5.41, 5.74) is 1.79. The van der Waals surface area contributed by atoms with Gasteiger partial charge in [0.1, 0.15) is 0 Å². The van der Waals surface area contributed by atoms with Gasteiger partial charge in [0.2, 0.25) is 5.91 Å². The largest absolute Gasteiger partial charge is 0.493 e. The first-order valence-electron chi connectivity index (χ1n) is 8.35. The number of hydrogen-bond donors (Lipinski definition) is 2. The van der Waals surface area contributed by atoms with Gasteiger partial charge < -0.3 is 19.9 Å². The van der Waals surface area contributed by atoms with Gasteiger partial charge in [0.05, 0.1) is 32.4 Å². The number of benzene rings is 2. The SMILES string of the molecule is COc1ccc(C(CC(=O)O)NC(=O)CSc2ccc(C)cc2)cc1OC. The highest BCUT2D eigenvalue weighted by atomic mass is 32.2. The number of methoxy groups -OCH3 is 2. The van der Waals surface area contributed by atoms with Crippen molar-refractivity contribution < 1.29 is 24.2 Å². The molecule has 0 radical (unpaired) electrons. The molecule has 7 heteroatoms. The van der Waals surface area contributed by atoms with Gasteiger partial charge in [-0.1, -0.05) is 23.8 Å². The lowest BCUT2D eigenvalue weighted by Crippen LogP contribution is -2.31. The molecule has 0 bridgehead atoms. The Hall–Kier alpha value is -2.67. The fourth-order valence-electron chi connectivity index (χ4n) is 2.52. The van der Waals surface area contributed by atoms with Crippen LogP contribution in [0.25, 0.3) is 0 Å². The van der Waals surface area contributed by atoms with Crippen LogP contribution in [0, 0.1) is 6.92 Å². The van der Waals surface area contributed by atoms with Crippen molar-refractivity contribution in [1.82, 2.24) is 5.32 Å². The van der Waals surface area contributed by atoms with Crippen LogP contribution in [0.2, 0.25) is 0 Å². The van der Waals surface area contributed by atoms with E-state index in [0.29, 0.717) is 17.1 Å². The second-order valence-electron chi connectivity index (χ2n) is 5.93. The Morgan fingerprint density at radius 2 is 1.74 bits per heavy atom. The van der Waals surface area contributed by atoms with Crippen LogP contribution in [0.4, 0.5) is 0 Å². The Bertz CT molecular complexity index is 791. The Morgan fingerprint density at radius 1 is 1.07 bits per heavy atom. The minimum Gasteiger partial charge on any atom is -0.493 e. The third-order valence-corrected chi connectivity index (χ3v) is 4.93. The van der Waals surface area contributed by atoms with Gasteiger partial charge in [-0.2, -0.15) is 0 Å². The van der Waals surface area contributed by atoms with Crippen molar-refractivity contribution >= 4 is 23.6 Å². The predicted octanol–water partition coefficient (Wildman–Crippen LogP) is 3.44. The number of carbonyl (C=O) groups is 2. The molecule has 2 aromatic carbocycles. The lowest BCUT2D eigenvalue weighted by atomic mass is 10.0. The number of hydrogen-bond acceptors (Lipinski definition) is 5. The number of nitrogens with one attached hydrogen (secondary N) is 1. The van der Waals surface area contributed by atoms with Gasteiger partial charge in [0.25, 0.3) is 0 Å². The third kappa shape index (κ3) is 6.21. The lowest BCUT2D eigenvalue weighted by molar-refractivity contribution is -0.137. The van der Waals surface area contributed by atoms with Crippen LogP contribution in [0.3, 0.4) is 0 Å². The van der Waals surface area contributed by atoms with Crippen LogP contribution >= 0.6 is 11.8 Å². The molecule has 0 spiro atoms. The van der Waals surface area contributed by atoms with Crippen LogP contribution in [-0.2, 0) is 9.59 Å². The van der Waals surface area contributed by atoms with E-state index in [-0.39, 0.29) is 18.1 Å². The van der Waals surface area contributed by atoms with Gasteiger partial charge in [-0.3, -0.25) is 9.59 Å². The van der Waals surface area contributed by atoms with E-state index in [1.807, 2.05) is 31.2 Å². The predicted molar refractivity (Wildman–Crippen MR) is 105 cm³/mol. The first-order chi connectivity index (χ1) is 12.9. The smallest absolute Gasteiger partial charge is 0.305 e. The summed E-state index contributed by atoms with van der Waals surface area (Å²) in [5.74, 6) is -0.0138. The molecule has 6 nitrogen and oxygen atoms in total. The molecule has 27 heavy (non-hydrogen) atoms. The molecule has 2 N–H and O–H groups in total. The number of aliphatic carboxylic acids is 1. The summed E-state index contributed by atoms with van der Waals surface area (Å²) >= 11 is 1.40. The van der Waals surface area contributed by atoms with Gasteiger partial charge in [0.15, 0.2) is 11.5 Å². The minimum atomic E-state index is -0.999. The fraction of sp³-hybridized carbons (Fsp3) is 0.300. The molecule has 0 aliphatic rings. The molecule has 0 saturated carbocycles. The number of carboxylic acid groups (broad SMARTS) is 1. The summed E-state index contributed by atoms with van der Waals surface area (Å²) in [6.07, 6.45) is -0.226. The summed E-state index contributed by atoms with van der Waals surface area (Å²) in [4.78, 5) is 24.6. The molecule has 2 rings (SSSR count). The van der Waals surface area contributed by atoms with E-state index in [9.17, 15) is 14.7 Å². The highest BCUT2D eigenvalue weighted by Gasteiger charge is 2.20. The summed E-state index contributed by atoms with van der Waals surface area (Å²) in [6, 6.07) is 12.3. The van der Waals surface area contributed by atoms with Crippen molar-refractivity contribution in [2.45, 2.75) is 24.3 Å². The Kier molecular flexibility index (Phi) is 7.55. The van der Waals surface area contributed by atoms with Crippen molar-refractivity contribution in [3.8, 4) is 11.5 Å². The third-order valence-electron chi connectivity index (χ3n) is 3.91. The minimum absolute atomic E-state index is 0.201. The molecule has 144 valence electrons.